The Labute approximate surface area is 120 Å². The van der Waals surface area contributed by atoms with E-state index in [0.29, 0.717) is 0 Å². The maximum atomic E-state index is 6.41. The summed E-state index contributed by atoms with van der Waals surface area (Å²) >= 11 is 0. The maximum Gasteiger partial charge on any atom is 0.125 e. The Hall–Kier alpha value is -1.26. The van der Waals surface area contributed by atoms with Gasteiger partial charge in [-0.2, -0.15) is 0 Å². The zero-order valence-electron chi connectivity index (χ0n) is 12.4. The van der Waals surface area contributed by atoms with Gasteiger partial charge in [0.05, 0.1) is 7.11 Å². The number of nitrogens with two attached hydrogens (primary N) is 1. The smallest absolute Gasteiger partial charge is 0.125 e. The van der Waals surface area contributed by atoms with Crippen molar-refractivity contribution in [2.24, 2.45) is 5.73 Å². The molecule has 0 aliphatic carbocycles. The first-order chi connectivity index (χ1) is 9.62. The van der Waals surface area contributed by atoms with Gasteiger partial charge in [-0.3, -0.25) is 0 Å². The number of ether oxygens (including phenoxy) is 2. The monoisotopic (exact) mass is 276 g/mol. The van der Waals surface area contributed by atoms with Crippen LogP contribution in [0.25, 0.3) is 0 Å². The van der Waals surface area contributed by atoms with Gasteiger partial charge in [-0.15, -0.1) is 0 Å². The summed E-state index contributed by atoms with van der Waals surface area (Å²) in [5.74, 6) is 1.79. The van der Waals surface area contributed by atoms with E-state index < -0.39 is 0 Å². The van der Waals surface area contributed by atoms with Crippen molar-refractivity contribution in [1.82, 2.24) is 4.90 Å². The lowest BCUT2D eigenvalue weighted by atomic mass is 9.82. The SMILES string of the molecule is COc1ccc2c(c1)[C@H](N)CC1(CCCN(C)CC1)O2. The van der Waals surface area contributed by atoms with E-state index in [0.717, 1.165) is 49.4 Å². The minimum absolute atomic E-state index is 0.0391. The summed E-state index contributed by atoms with van der Waals surface area (Å²) < 4.78 is 11.7. The van der Waals surface area contributed by atoms with Gasteiger partial charge in [0.25, 0.3) is 0 Å². The molecule has 1 unspecified atom stereocenters. The predicted molar refractivity (Wildman–Crippen MR) is 79.2 cm³/mol. The van der Waals surface area contributed by atoms with Crippen LogP contribution in [0.2, 0.25) is 0 Å². The second-order valence-corrected chi connectivity index (χ2v) is 6.16. The zero-order chi connectivity index (χ0) is 14.2. The highest BCUT2D eigenvalue weighted by Gasteiger charge is 2.40. The predicted octanol–water partition coefficient (Wildman–Crippen LogP) is 2.33. The molecule has 1 aromatic rings. The molecule has 2 N–H and O–H groups in total. The van der Waals surface area contributed by atoms with Gasteiger partial charge in [0.15, 0.2) is 0 Å². The van der Waals surface area contributed by atoms with Gasteiger partial charge in [0.2, 0.25) is 0 Å². The van der Waals surface area contributed by atoms with Crippen LogP contribution >= 0.6 is 0 Å². The Morgan fingerprint density at radius 3 is 3.00 bits per heavy atom. The number of benzene rings is 1. The van der Waals surface area contributed by atoms with E-state index in [9.17, 15) is 0 Å². The molecule has 4 heteroatoms. The van der Waals surface area contributed by atoms with Gasteiger partial charge in [-0.05, 0) is 51.1 Å². The summed E-state index contributed by atoms with van der Waals surface area (Å²) in [6.07, 6.45) is 4.23. The van der Waals surface area contributed by atoms with Crippen molar-refractivity contribution in [1.29, 1.82) is 0 Å². The van der Waals surface area contributed by atoms with Gasteiger partial charge in [0.1, 0.15) is 17.1 Å². The van der Waals surface area contributed by atoms with Crippen LogP contribution < -0.4 is 15.2 Å². The molecule has 1 fully saturated rings. The number of likely N-dealkylation sites (tertiary alicyclic amines) is 1. The molecule has 2 aliphatic rings. The molecule has 2 heterocycles. The molecular formula is C16H24N2O2. The first-order valence-electron chi connectivity index (χ1n) is 7.43. The van der Waals surface area contributed by atoms with Crippen molar-refractivity contribution in [2.75, 3.05) is 27.2 Å². The molecule has 110 valence electrons. The molecule has 1 saturated heterocycles. The van der Waals surface area contributed by atoms with E-state index in [-0.39, 0.29) is 11.6 Å². The van der Waals surface area contributed by atoms with Crippen molar-refractivity contribution in [3.8, 4) is 11.5 Å². The van der Waals surface area contributed by atoms with Gasteiger partial charge in [-0.25, -0.2) is 0 Å². The van der Waals surface area contributed by atoms with E-state index in [1.807, 2.05) is 18.2 Å². The number of hydrogen-bond donors (Lipinski definition) is 1. The van der Waals surface area contributed by atoms with E-state index in [1.54, 1.807) is 7.11 Å². The molecule has 0 aromatic heterocycles. The molecule has 0 radical (unpaired) electrons. The molecule has 4 nitrogen and oxygen atoms in total. The molecule has 2 aliphatic heterocycles. The second-order valence-electron chi connectivity index (χ2n) is 6.16. The van der Waals surface area contributed by atoms with Crippen molar-refractivity contribution in [3.05, 3.63) is 23.8 Å². The summed E-state index contributed by atoms with van der Waals surface area (Å²) in [6, 6.07) is 6.00. The van der Waals surface area contributed by atoms with Crippen molar-refractivity contribution >= 4 is 0 Å². The van der Waals surface area contributed by atoms with Crippen LogP contribution in [0.1, 0.15) is 37.3 Å². The van der Waals surface area contributed by atoms with Crippen LogP contribution in [0, 0.1) is 0 Å². The van der Waals surface area contributed by atoms with Crippen LogP contribution in [-0.4, -0.2) is 37.7 Å². The quantitative estimate of drug-likeness (QED) is 0.855. The molecule has 0 amide bonds. The van der Waals surface area contributed by atoms with E-state index in [1.165, 1.54) is 6.42 Å². The largest absolute Gasteiger partial charge is 0.497 e. The summed E-state index contributed by atoms with van der Waals surface area (Å²) in [7, 11) is 3.86. The molecule has 1 spiro atoms. The van der Waals surface area contributed by atoms with Crippen LogP contribution in [-0.2, 0) is 0 Å². The third kappa shape index (κ3) is 2.50. The topological polar surface area (TPSA) is 47.7 Å². The van der Waals surface area contributed by atoms with Crippen LogP contribution in [0.5, 0.6) is 11.5 Å². The number of nitrogens with zero attached hydrogens (tertiary/aromatic N) is 1. The van der Waals surface area contributed by atoms with Crippen LogP contribution in [0.3, 0.4) is 0 Å². The van der Waals surface area contributed by atoms with Crippen molar-refractivity contribution in [2.45, 2.75) is 37.3 Å². The lowest BCUT2D eigenvalue weighted by molar-refractivity contribution is 0.0222. The Bertz CT molecular complexity index is 491. The van der Waals surface area contributed by atoms with E-state index in [2.05, 4.69) is 11.9 Å². The average Bonchev–Trinajstić information content (AvgIpc) is 2.61. The average molecular weight is 276 g/mol. The Kier molecular flexibility index (Phi) is 3.61. The van der Waals surface area contributed by atoms with Crippen LogP contribution in [0.4, 0.5) is 0 Å². The maximum absolute atomic E-state index is 6.41. The molecule has 0 bridgehead atoms. The summed E-state index contributed by atoms with van der Waals surface area (Å²) in [5, 5.41) is 0. The summed E-state index contributed by atoms with van der Waals surface area (Å²) in [5.41, 5.74) is 7.41. The van der Waals surface area contributed by atoms with Gasteiger partial charge >= 0.3 is 0 Å². The number of rotatable bonds is 1. The zero-order valence-corrected chi connectivity index (χ0v) is 12.4. The molecule has 3 rings (SSSR count). The highest BCUT2D eigenvalue weighted by molar-refractivity contribution is 5.44. The van der Waals surface area contributed by atoms with E-state index in [4.69, 9.17) is 15.2 Å². The molecule has 1 aromatic carbocycles. The Balaban J connectivity index is 1.88. The Morgan fingerprint density at radius 1 is 1.35 bits per heavy atom. The molecule has 0 saturated carbocycles. The van der Waals surface area contributed by atoms with Crippen LogP contribution in [0.15, 0.2) is 18.2 Å². The molecule has 20 heavy (non-hydrogen) atoms. The van der Waals surface area contributed by atoms with Crippen molar-refractivity contribution < 1.29 is 9.47 Å². The number of fused-ring (bicyclic) bond motifs is 1. The normalized spacial score (nSPS) is 30.4. The highest BCUT2D eigenvalue weighted by Crippen LogP contribution is 2.44. The minimum Gasteiger partial charge on any atom is -0.497 e. The summed E-state index contributed by atoms with van der Waals surface area (Å²) in [6.45, 7) is 2.23. The minimum atomic E-state index is -0.0776. The first-order valence-corrected chi connectivity index (χ1v) is 7.43. The third-order valence-corrected chi connectivity index (χ3v) is 4.66. The van der Waals surface area contributed by atoms with Crippen molar-refractivity contribution in [3.63, 3.8) is 0 Å². The fourth-order valence-corrected chi connectivity index (χ4v) is 3.43. The fraction of sp³-hybridized carbons (Fsp3) is 0.625. The lowest BCUT2D eigenvalue weighted by Gasteiger charge is -2.41. The Morgan fingerprint density at radius 2 is 2.20 bits per heavy atom. The third-order valence-electron chi connectivity index (χ3n) is 4.66. The van der Waals surface area contributed by atoms with E-state index >= 15 is 0 Å². The second kappa shape index (κ2) is 5.26. The highest BCUT2D eigenvalue weighted by atomic mass is 16.5. The summed E-state index contributed by atoms with van der Waals surface area (Å²) in [4.78, 5) is 2.38. The lowest BCUT2D eigenvalue weighted by Crippen LogP contribution is -2.43. The first kappa shape index (κ1) is 13.7. The number of hydrogen-bond acceptors (Lipinski definition) is 4. The fourth-order valence-electron chi connectivity index (χ4n) is 3.43. The molecular weight excluding hydrogens is 252 g/mol. The van der Waals surface area contributed by atoms with Gasteiger partial charge in [-0.1, -0.05) is 0 Å². The standard InChI is InChI=1S/C16H24N2O2/c1-18-8-3-6-16(7-9-18)11-14(17)13-10-12(19-2)4-5-15(13)20-16/h4-5,10,14H,3,6-9,11,17H2,1-2H3/t14-,16?/m1/s1. The number of methoxy groups -OCH3 is 1. The van der Waals surface area contributed by atoms with Gasteiger partial charge in [0, 0.05) is 24.6 Å². The van der Waals surface area contributed by atoms with Gasteiger partial charge < -0.3 is 20.1 Å². The molecule has 2 atom stereocenters.